The van der Waals surface area contributed by atoms with Crippen LogP contribution >= 0.6 is 0 Å². The molecule has 1 heterocycles. The zero-order chi connectivity index (χ0) is 11.1. The van der Waals surface area contributed by atoms with E-state index in [4.69, 9.17) is 15.2 Å². The van der Waals surface area contributed by atoms with Crippen molar-refractivity contribution in [3.8, 4) is 0 Å². The van der Waals surface area contributed by atoms with Crippen molar-refractivity contribution in [3.05, 3.63) is 11.6 Å². The summed E-state index contributed by atoms with van der Waals surface area (Å²) < 4.78 is 12.3. The third kappa shape index (κ3) is 3.26. The maximum Gasteiger partial charge on any atom is 0.159 e. The van der Waals surface area contributed by atoms with Crippen LogP contribution in [-0.2, 0) is 29.2 Å². The number of aromatic nitrogens is 3. The van der Waals surface area contributed by atoms with Crippen molar-refractivity contribution in [1.29, 1.82) is 0 Å². The summed E-state index contributed by atoms with van der Waals surface area (Å²) in [5.74, 6) is 1.57. The molecule has 0 fully saturated rings. The molecule has 0 unspecified atom stereocenters. The Balaban J connectivity index is 2.70. The highest BCUT2D eigenvalue weighted by atomic mass is 16.5. The van der Waals surface area contributed by atoms with Crippen molar-refractivity contribution in [1.82, 2.24) is 14.8 Å². The number of methoxy groups -OCH3 is 1. The van der Waals surface area contributed by atoms with Gasteiger partial charge in [-0.25, -0.2) is 0 Å². The molecule has 6 heteroatoms. The molecule has 1 aromatic heterocycles. The Kier molecular flexibility index (Phi) is 5.23. The van der Waals surface area contributed by atoms with E-state index in [1.165, 1.54) is 0 Å². The SMILES string of the molecule is CCOCc1nnc(CN)n1CCOC. The molecule has 0 atom stereocenters. The maximum absolute atomic E-state index is 5.56. The Morgan fingerprint density at radius 3 is 2.67 bits per heavy atom. The fourth-order valence-corrected chi connectivity index (χ4v) is 1.26. The average Bonchev–Trinajstić information content (AvgIpc) is 2.65. The molecule has 0 saturated heterocycles. The molecule has 0 aliphatic carbocycles. The molecule has 0 amide bonds. The van der Waals surface area contributed by atoms with Crippen molar-refractivity contribution in [2.24, 2.45) is 5.73 Å². The molecule has 6 nitrogen and oxygen atoms in total. The van der Waals surface area contributed by atoms with Gasteiger partial charge in [-0.2, -0.15) is 0 Å². The zero-order valence-electron chi connectivity index (χ0n) is 9.27. The lowest BCUT2D eigenvalue weighted by Gasteiger charge is -2.08. The fourth-order valence-electron chi connectivity index (χ4n) is 1.26. The Morgan fingerprint density at radius 1 is 1.33 bits per heavy atom. The summed E-state index contributed by atoms with van der Waals surface area (Å²) >= 11 is 0. The van der Waals surface area contributed by atoms with Crippen molar-refractivity contribution in [2.75, 3.05) is 20.3 Å². The first-order chi connectivity index (χ1) is 7.33. The molecular weight excluding hydrogens is 196 g/mol. The van der Waals surface area contributed by atoms with Gasteiger partial charge in [0, 0.05) is 20.3 Å². The summed E-state index contributed by atoms with van der Waals surface area (Å²) in [6, 6.07) is 0. The average molecular weight is 214 g/mol. The molecule has 15 heavy (non-hydrogen) atoms. The van der Waals surface area contributed by atoms with Gasteiger partial charge in [-0.15, -0.1) is 10.2 Å². The first kappa shape index (κ1) is 12.1. The Morgan fingerprint density at radius 2 is 2.07 bits per heavy atom. The highest BCUT2D eigenvalue weighted by Crippen LogP contribution is 2.03. The third-order valence-electron chi connectivity index (χ3n) is 2.04. The minimum Gasteiger partial charge on any atom is -0.383 e. The zero-order valence-corrected chi connectivity index (χ0v) is 9.27. The summed E-state index contributed by atoms with van der Waals surface area (Å²) in [4.78, 5) is 0. The van der Waals surface area contributed by atoms with Gasteiger partial charge in [-0.3, -0.25) is 0 Å². The molecule has 0 aromatic carbocycles. The van der Waals surface area contributed by atoms with Crippen LogP contribution in [0.1, 0.15) is 18.6 Å². The standard InChI is InChI=1S/C9H18N4O2/c1-3-15-7-9-12-11-8(6-10)13(9)4-5-14-2/h3-7,10H2,1-2H3. The van der Waals surface area contributed by atoms with E-state index in [0.29, 0.717) is 32.9 Å². The molecule has 0 saturated carbocycles. The molecule has 2 N–H and O–H groups in total. The van der Waals surface area contributed by atoms with Crippen LogP contribution in [0, 0.1) is 0 Å². The van der Waals surface area contributed by atoms with Gasteiger partial charge >= 0.3 is 0 Å². The quantitative estimate of drug-likeness (QED) is 0.687. The maximum atomic E-state index is 5.56. The van der Waals surface area contributed by atoms with Crippen molar-refractivity contribution >= 4 is 0 Å². The molecule has 0 radical (unpaired) electrons. The fraction of sp³-hybridized carbons (Fsp3) is 0.778. The largest absolute Gasteiger partial charge is 0.383 e. The molecule has 0 spiro atoms. The second-order valence-electron chi connectivity index (χ2n) is 3.02. The van der Waals surface area contributed by atoms with Gasteiger partial charge < -0.3 is 19.8 Å². The van der Waals surface area contributed by atoms with Crippen LogP contribution in [-0.4, -0.2) is 35.1 Å². The molecule has 0 bridgehead atoms. The smallest absolute Gasteiger partial charge is 0.159 e. The monoisotopic (exact) mass is 214 g/mol. The molecule has 1 aromatic rings. The normalized spacial score (nSPS) is 10.9. The summed E-state index contributed by atoms with van der Waals surface area (Å²) in [6.45, 7) is 4.77. The van der Waals surface area contributed by atoms with E-state index in [1.807, 2.05) is 11.5 Å². The summed E-state index contributed by atoms with van der Waals surface area (Å²) in [5, 5.41) is 8.02. The van der Waals surface area contributed by atoms with E-state index in [2.05, 4.69) is 10.2 Å². The van der Waals surface area contributed by atoms with Crippen LogP contribution in [0.15, 0.2) is 0 Å². The highest BCUT2D eigenvalue weighted by molar-refractivity contribution is 4.94. The molecule has 0 aliphatic heterocycles. The summed E-state index contributed by atoms with van der Waals surface area (Å²) in [5.41, 5.74) is 5.56. The van der Waals surface area contributed by atoms with E-state index in [-0.39, 0.29) is 0 Å². The van der Waals surface area contributed by atoms with Gasteiger partial charge in [0.25, 0.3) is 0 Å². The molecular formula is C9H18N4O2. The first-order valence-electron chi connectivity index (χ1n) is 5.01. The van der Waals surface area contributed by atoms with Gasteiger partial charge in [0.05, 0.1) is 13.2 Å². The van der Waals surface area contributed by atoms with E-state index < -0.39 is 0 Å². The second kappa shape index (κ2) is 6.49. The predicted molar refractivity (Wildman–Crippen MR) is 55.1 cm³/mol. The second-order valence-corrected chi connectivity index (χ2v) is 3.02. The lowest BCUT2D eigenvalue weighted by molar-refractivity contribution is 0.122. The lowest BCUT2D eigenvalue weighted by Crippen LogP contribution is -2.14. The van der Waals surface area contributed by atoms with Crippen LogP contribution in [0.5, 0.6) is 0 Å². The number of hydrogen-bond acceptors (Lipinski definition) is 5. The molecule has 1 rings (SSSR count). The van der Waals surface area contributed by atoms with Gasteiger partial charge in [0.1, 0.15) is 12.4 Å². The van der Waals surface area contributed by atoms with Crippen LogP contribution in [0.3, 0.4) is 0 Å². The Labute approximate surface area is 89.4 Å². The van der Waals surface area contributed by atoms with Gasteiger partial charge in [-0.1, -0.05) is 0 Å². The van der Waals surface area contributed by atoms with Crippen molar-refractivity contribution in [2.45, 2.75) is 26.6 Å². The minimum absolute atomic E-state index is 0.378. The molecule has 0 aliphatic rings. The van der Waals surface area contributed by atoms with E-state index >= 15 is 0 Å². The van der Waals surface area contributed by atoms with E-state index in [1.54, 1.807) is 7.11 Å². The van der Waals surface area contributed by atoms with Crippen LogP contribution in [0.2, 0.25) is 0 Å². The number of ether oxygens (including phenoxy) is 2. The third-order valence-corrected chi connectivity index (χ3v) is 2.04. The lowest BCUT2D eigenvalue weighted by atomic mass is 10.5. The van der Waals surface area contributed by atoms with E-state index in [0.717, 1.165) is 11.6 Å². The van der Waals surface area contributed by atoms with Crippen molar-refractivity contribution in [3.63, 3.8) is 0 Å². The molecule has 86 valence electrons. The minimum atomic E-state index is 0.378. The number of rotatable bonds is 7. The summed E-state index contributed by atoms with van der Waals surface area (Å²) in [6.07, 6.45) is 0. The predicted octanol–water partition coefficient (Wildman–Crippen LogP) is -0.0803. The number of nitrogens with two attached hydrogens (primary N) is 1. The van der Waals surface area contributed by atoms with Crippen molar-refractivity contribution < 1.29 is 9.47 Å². The Bertz CT molecular complexity index is 288. The van der Waals surface area contributed by atoms with Crippen LogP contribution in [0.25, 0.3) is 0 Å². The number of nitrogens with zero attached hydrogens (tertiary/aromatic N) is 3. The first-order valence-corrected chi connectivity index (χ1v) is 5.01. The van der Waals surface area contributed by atoms with Gasteiger partial charge in [0.15, 0.2) is 5.82 Å². The number of hydrogen-bond donors (Lipinski definition) is 1. The van der Waals surface area contributed by atoms with Crippen LogP contribution < -0.4 is 5.73 Å². The van der Waals surface area contributed by atoms with Crippen LogP contribution in [0.4, 0.5) is 0 Å². The van der Waals surface area contributed by atoms with Gasteiger partial charge in [-0.05, 0) is 6.92 Å². The van der Waals surface area contributed by atoms with Gasteiger partial charge in [0.2, 0.25) is 0 Å². The van der Waals surface area contributed by atoms with E-state index in [9.17, 15) is 0 Å². The highest BCUT2D eigenvalue weighted by Gasteiger charge is 2.09. The topological polar surface area (TPSA) is 75.2 Å². The summed E-state index contributed by atoms with van der Waals surface area (Å²) in [7, 11) is 1.66. The Hall–Kier alpha value is -0.980.